The third-order valence-corrected chi connectivity index (χ3v) is 4.05. The van der Waals surface area contributed by atoms with Gasteiger partial charge in [-0.25, -0.2) is 0 Å². The van der Waals surface area contributed by atoms with Crippen molar-refractivity contribution in [1.82, 2.24) is 9.80 Å². The number of rotatable bonds is 6. The highest BCUT2D eigenvalue weighted by Gasteiger charge is 2.23. The lowest BCUT2D eigenvalue weighted by Gasteiger charge is -2.35. The molecule has 0 aromatic heterocycles. The molecule has 0 radical (unpaired) electrons. The van der Waals surface area contributed by atoms with E-state index in [2.05, 4.69) is 25.7 Å². The van der Waals surface area contributed by atoms with E-state index in [4.69, 9.17) is 5.11 Å². The van der Waals surface area contributed by atoms with Gasteiger partial charge in [0.05, 0.1) is 6.61 Å². The molecule has 1 saturated heterocycles. The summed E-state index contributed by atoms with van der Waals surface area (Å²) in [5, 5.41) is 8.88. The van der Waals surface area contributed by atoms with E-state index >= 15 is 0 Å². The SMILES string of the molecule is CCC(CC(=O)N1CCN(CCO)CC1)C(C)C. The highest BCUT2D eigenvalue weighted by atomic mass is 16.3. The second-order valence-electron chi connectivity index (χ2n) is 5.56. The lowest BCUT2D eigenvalue weighted by atomic mass is 9.89. The fourth-order valence-electron chi connectivity index (χ4n) is 2.57. The molecule has 1 amide bonds. The predicted octanol–water partition coefficient (Wildman–Crippen LogP) is 1.20. The number of hydrogen-bond acceptors (Lipinski definition) is 3. The third-order valence-electron chi connectivity index (χ3n) is 4.05. The topological polar surface area (TPSA) is 43.8 Å². The fourth-order valence-corrected chi connectivity index (χ4v) is 2.57. The number of β-amino-alcohol motifs (C(OH)–C–C–N with tert-alkyl or cyclic N) is 1. The number of nitrogens with zero attached hydrogens (tertiary/aromatic N) is 2. The van der Waals surface area contributed by atoms with Crippen LogP contribution in [-0.2, 0) is 4.79 Å². The zero-order chi connectivity index (χ0) is 13.5. The molecule has 18 heavy (non-hydrogen) atoms. The Labute approximate surface area is 111 Å². The molecule has 1 rings (SSSR count). The van der Waals surface area contributed by atoms with Crippen molar-refractivity contribution in [3.63, 3.8) is 0 Å². The van der Waals surface area contributed by atoms with Crippen LogP contribution in [0.15, 0.2) is 0 Å². The van der Waals surface area contributed by atoms with Crippen LogP contribution in [0.1, 0.15) is 33.6 Å². The summed E-state index contributed by atoms with van der Waals surface area (Å²) in [5.74, 6) is 1.39. The van der Waals surface area contributed by atoms with Crippen molar-refractivity contribution in [3.8, 4) is 0 Å². The Hall–Kier alpha value is -0.610. The number of hydrogen-bond donors (Lipinski definition) is 1. The van der Waals surface area contributed by atoms with Gasteiger partial charge in [0.2, 0.25) is 5.91 Å². The highest BCUT2D eigenvalue weighted by molar-refractivity contribution is 5.76. The standard InChI is InChI=1S/C14H28N2O2/c1-4-13(12(2)3)11-14(18)16-7-5-15(6-8-16)9-10-17/h12-13,17H,4-11H2,1-3H3. The lowest BCUT2D eigenvalue weighted by molar-refractivity contribution is -0.134. The number of aliphatic hydroxyl groups is 1. The van der Waals surface area contributed by atoms with Gasteiger partial charge in [0, 0.05) is 39.1 Å². The summed E-state index contributed by atoms with van der Waals surface area (Å²) in [7, 11) is 0. The maximum atomic E-state index is 12.2. The van der Waals surface area contributed by atoms with Gasteiger partial charge in [0.1, 0.15) is 0 Å². The number of amides is 1. The van der Waals surface area contributed by atoms with E-state index in [1.54, 1.807) is 0 Å². The van der Waals surface area contributed by atoms with Gasteiger partial charge < -0.3 is 10.0 Å². The molecule has 0 aliphatic carbocycles. The van der Waals surface area contributed by atoms with Gasteiger partial charge in [-0.05, 0) is 11.8 Å². The van der Waals surface area contributed by atoms with E-state index in [9.17, 15) is 4.79 Å². The van der Waals surface area contributed by atoms with Gasteiger partial charge in [-0.2, -0.15) is 0 Å². The summed E-state index contributed by atoms with van der Waals surface area (Å²) < 4.78 is 0. The highest BCUT2D eigenvalue weighted by Crippen LogP contribution is 2.20. The first-order chi connectivity index (χ1) is 8.58. The maximum absolute atomic E-state index is 12.2. The Morgan fingerprint density at radius 3 is 2.28 bits per heavy atom. The van der Waals surface area contributed by atoms with Crippen molar-refractivity contribution in [2.45, 2.75) is 33.6 Å². The quantitative estimate of drug-likeness (QED) is 0.776. The Balaban J connectivity index is 2.35. The monoisotopic (exact) mass is 256 g/mol. The van der Waals surface area contributed by atoms with Crippen molar-refractivity contribution < 1.29 is 9.90 Å². The predicted molar refractivity (Wildman–Crippen MR) is 73.3 cm³/mol. The van der Waals surface area contributed by atoms with E-state index in [0.717, 1.165) is 39.1 Å². The summed E-state index contributed by atoms with van der Waals surface area (Å²) in [6.45, 7) is 10.9. The molecule has 1 aliphatic rings. The third kappa shape index (κ3) is 4.58. The van der Waals surface area contributed by atoms with Crippen LogP contribution in [0, 0.1) is 11.8 Å². The van der Waals surface area contributed by atoms with Gasteiger partial charge in [-0.1, -0.05) is 27.2 Å². The molecule has 1 aliphatic heterocycles. The summed E-state index contributed by atoms with van der Waals surface area (Å²) in [6, 6.07) is 0. The van der Waals surface area contributed by atoms with Gasteiger partial charge in [-0.3, -0.25) is 9.69 Å². The largest absolute Gasteiger partial charge is 0.395 e. The Bertz CT molecular complexity index is 248. The lowest BCUT2D eigenvalue weighted by Crippen LogP contribution is -2.49. The van der Waals surface area contributed by atoms with Gasteiger partial charge in [-0.15, -0.1) is 0 Å². The smallest absolute Gasteiger partial charge is 0.222 e. The minimum atomic E-state index is 0.208. The van der Waals surface area contributed by atoms with Crippen LogP contribution in [-0.4, -0.2) is 60.1 Å². The van der Waals surface area contributed by atoms with E-state index in [1.165, 1.54) is 0 Å². The summed E-state index contributed by atoms with van der Waals surface area (Å²) >= 11 is 0. The molecule has 0 spiro atoms. The zero-order valence-electron chi connectivity index (χ0n) is 12.1. The molecule has 1 N–H and O–H groups in total. The van der Waals surface area contributed by atoms with Gasteiger partial charge in [0.25, 0.3) is 0 Å². The van der Waals surface area contributed by atoms with Gasteiger partial charge >= 0.3 is 0 Å². The maximum Gasteiger partial charge on any atom is 0.222 e. The van der Waals surface area contributed by atoms with Crippen LogP contribution in [0.5, 0.6) is 0 Å². The van der Waals surface area contributed by atoms with E-state index < -0.39 is 0 Å². The number of aliphatic hydroxyl groups excluding tert-OH is 1. The van der Waals surface area contributed by atoms with E-state index in [1.807, 2.05) is 4.90 Å². The van der Waals surface area contributed by atoms with Crippen molar-refractivity contribution in [1.29, 1.82) is 0 Å². The molecule has 106 valence electrons. The Morgan fingerprint density at radius 2 is 1.83 bits per heavy atom. The van der Waals surface area contributed by atoms with Gasteiger partial charge in [0.15, 0.2) is 0 Å². The van der Waals surface area contributed by atoms with E-state index in [0.29, 0.717) is 24.2 Å². The molecular weight excluding hydrogens is 228 g/mol. The molecule has 0 aromatic carbocycles. The van der Waals surface area contributed by atoms with Crippen molar-refractivity contribution >= 4 is 5.91 Å². The molecule has 1 atom stereocenters. The summed E-state index contributed by atoms with van der Waals surface area (Å²) in [6.07, 6.45) is 1.77. The second kappa shape index (κ2) is 7.74. The molecule has 0 bridgehead atoms. The first-order valence-corrected chi connectivity index (χ1v) is 7.19. The average molecular weight is 256 g/mol. The van der Waals surface area contributed by atoms with Crippen LogP contribution in [0.4, 0.5) is 0 Å². The van der Waals surface area contributed by atoms with Crippen LogP contribution in [0.2, 0.25) is 0 Å². The van der Waals surface area contributed by atoms with Crippen molar-refractivity contribution in [2.24, 2.45) is 11.8 Å². The molecule has 4 heteroatoms. The molecule has 1 heterocycles. The molecule has 0 aromatic rings. The Morgan fingerprint density at radius 1 is 1.22 bits per heavy atom. The number of piperazine rings is 1. The first-order valence-electron chi connectivity index (χ1n) is 7.19. The Kier molecular flexibility index (Phi) is 6.65. The number of carbonyl (C=O) groups is 1. The molecular formula is C14H28N2O2. The van der Waals surface area contributed by atoms with Crippen molar-refractivity contribution in [2.75, 3.05) is 39.3 Å². The average Bonchev–Trinajstić information content (AvgIpc) is 2.36. The molecule has 1 unspecified atom stereocenters. The molecule has 4 nitrogen and oxygen atoms in total. The second-order valence-corrected chi connectivity index (χ2v) is 5.56. The van der Waals surface area contributed by atoms with Crippen molar-refractivity contribution in [3.05, 3.63) is 0 Å². The van der Waals surface area contributed by atoms with E-state index in [-0.39, 0.29) is 6.61 Å². The minimum Gasteiger partial charge on any atom is -0.395 e. The zero-order valence-corrected chi connectivity index (χ0v) is 12.1. The normalized spacial score (nSPS) is 19.3. The van der Waals surface area contributed by atoms with Crippen LogP contribution >= 0.6 is 0 Å². The fraction of sp³-hybridized carbons (Fsp3) is 0.929. The first kappa shape index (κ1) is 15.4. The summed E-state index contributed by atoms with van der Waals surface area (Å²) in [5.41, 5.74) is 0. The molecule has 0 saturated carbocycles. The summed E-state index contributed by atoms with van der Waals surface area (Å²) in [4.78, 5) is 16.4. The van der Waals surface area contributed by atoms with Crippen LogP contribution < -0.4 is 0 Å². The number of carbonyl (C=O) groups excluding carboxylic acids is 1. The minimum absolute atomic E-state index is 0.208. The van der Waals surface area contributed by atoms with Crippen LogP contribution in [0.25, 0.3) is 0 Å². The van der Waals surface area contributed by atoms with Crippen LogP contribution in [0.3, 0.4) is 0 Å². The molecule has 1 fully saturated rings.